The van der Waals surface area contributed by atoms with Crippen LogP contribution in [-0.2, 0) is 0 Å². The fourth-order valence-corrected chi connectivity index (χ4v) is 2.38. The average Bonchev–Trinajstić information content (AvgIpc) is 2.50. The SMILES string of the molecule is Cc1ccc(N)c(N2CC(C)CC2C)n1. The summed E-state index contributed by atoms with van der Waals surface area (Å²) >= 11 is 0. The van der Waals surface area contributed by atoms with E-state index in [4.69, 9.17) is 5.73 Å². The average molecular weight is 205 g/mol. The number of rotatable bonds is 1. The molecule has 0 aliphatic carbocycles. The molecule has 15 heavy (non-hydrogen) atoms. The molecular weight excluding hydrogens is 186 g/mol. The maximum Gasteiger partial charge on any atom is 0.152 e. The van der Waals surface area contributed by atoms with Gasteiger partial charge in [0.1, 0.15) is 0 Å². The smallest absolute Gasteiger partial charge is 0.152 e. The molecule has 0 saturated carbocycles. The van der Waals surface area contributed by atoms with Gasteiger partial charge in [-0.15, -0.1) is 0 Å². The van der Waals surface area contributed by atoms with Crippen molar-refractivity contribution in [3.05, 3.63) is 17.8 Å². The topological polar surface area (TPSA) is 42.1 Å². The third kappa shape index (κ3) is 1.91. The first-order valence-corrected chi connectivity index (χ1v) is 5.57. The van der Waals surface area contributed by atoms with Crippen molar-refractivity contribution in [1.82, 2.24) is 4.98 Å². The van der Waals surface area contributed by atoms with Gasteiger partial charge >= 0.3 is 0 Å². The molecule has 0 amide bonds. The molecule has 1 aliphatic heterocycles. The second-order valence-corrected chi connectivity index (χ2v) is 4.71. The van der Waals surface area contributed by atoms with Gasteiger partial charge in [0.25, 0.3) is 0 Å². The summed E-state index contributed by atoms with van der Waals surface area (Å²) < 4.78 is 0. The summed E-state index contributed by atoms with van der Waals surface area (Å²) in [6, 6.07) is 4.47. The lowest BCUT2D eigenvalue weighted by molar-refractivity contribution is 0.625. The lowest BCUT2D eigenvalue weighted by Crippen LogP contribution is -2.28. The largest absolute Gasteiger partial charge is 0.396 e. The Morgan fingerprint density at radius 3 is 2.73 bits per heavy atom. The quantitative estimate of drug-likeness (QED) is 0.764. The van der Waals surface area contributed by atoms with E-state index in [0.717, 1.165) is 29.7 Å². The highest BCUT2D eigenvalue weighted by molar-refractivity contribution is 5.63. The Hall–Kier alpha value is -1.25. The van der Waals surface area contributed by atoms with Crippen LogP contribution in [0.15, 0.2) is 12.1 Å². The van der Waals surface area contributed by atoms with Crippen LogP contribution in [0.25, 0.3) is 0 Å². The van der Waals surface area contributed by atoms with Gasteiger partial charge in [-0.3, -0.25) is 0 Å². The van der Waals surface area contributed by atoms with E-state index < -0.39 is 0 Å². The molecule has 2 unspecified atom stereocenters. The van der Waals surface area contributed by atoms with Crippen molar-refractivity contribution < 1.29 is 0 Å². The Bertz CT molecular complexity index is 362. The summed E-state index contributed by atoms with van der Waals surface area (Å²) in [6.07, 6.45) is 1.23. The van der Waals surface area contributed by atoms with E-state index in [1.807, 2.05) is 19.1 Å². The zero-order chi connectivity index (χ0) is 11.0. The van der Waals surface area contributed by atoms with Crippen LogP contribution in [0.3, 0.4) is 0 Å². The molecule has 1 aromatic rings. The lowest BCUT2D eigenvalue weighted by Gasteiger charge is -2.24. The minimum absolute atomic E-state index is 0.552. The first-order valence-electron chi connectivity index (χ1n) is 5.57. The molecule has 1 saturated heterocycles. The predicted octanol–water partition coefficient (Wildman–Crippen LogP) is 2.21. The van der Waals surface area contributed by atoms with Crippen molar-refractivity contribution in [2.24, 2.45) is 5.92 Å². The normalized spacial score (nSPS) is 25.9. The molecule has 82 valence electrons. The van der Waals surface area contributed by atoms with Gasteiger partial charge < -0.3 is 10.6 Å². The first-order chi connectivity index (χ1) is 7.08. The van der Waals surface area contributed by atoms with E-state index in [1.54, 1.807) is 0 Å². The Labute approximate surface area is 91.3 Å². The Morgan fingerprint density at radius 2 is 2.13 bits per heavy atom. The molecule has 0 spiro atoms. The number of nitrogen functional groups attached to an aromatic ring is 1. The minimum atomic E-state index is 0.552. The lowest BCUT2D eigenvalue weighted by atomic mass is 10.1. The van der Waals surface area contributed by atoms with E-state index in [9.17, 15) is 0 Å². The molecule has 0 aromatic carbocycles. The third-order valence-corrected chi connectivity index (χ3v) is 3.10. The summed E-state index contributed by atoms with van der Waals surface area (Å²) in [7, 11) is 0. The number of aryl methyl sites for hydroxylation is 1. The van der Waals surface area contributed by atoms with Crippen LogP contribution in [0.5, 0.6) is 0 Å². The highest BCUT2D eigenvalue weighted by atomic mass is 15.2. The van der Waals surface area contributed by atoms with Crippen molar-refractivity contribution in [2.45, 2.75) is 33.2 Å². The molecule has 1 fully saturated rings. The van der Waals surface area contributed by atoms with Gasteiger partial charge in [0.05, 0.1) is 5.69 Å². The second kappa shape index (κ2) is 3.72. The number of anilines is 2. The summed E-state index contributed by atoms with van der Waals surface area (Å²) in [4.78, 5) is 6.87. The van der Waals surface area contributed by atoms with Crippen molar-refractivity contribution in [1.29, 1.82) is 0 Å². The molecule has 3 nitrogen and oxygen atoms in total. The van der Waals surface area contributed by atoms with Crippen molar-refractivity contribution in [3.8, 4) is 0 Å². The van der Waals surface area contributed by atoms with Crippen LogP contribution in [-0.4, -0.2) is 17.6 Å². The standard InChI is InChI=1S/C12H19N3/c1-8-6-10(3)15(7-8)12-11(13)5-4-9(2)14-12/h4-5,8,10H,6-7,13H2,1-3H3. The Balaban J connectivity index is 2.32. The predicted molar refractivity (Wildman–Crippen MR) is 64.0 cm³/mol. The molecule has 2 atom stereocenters. The van der Waals surface area contributed by atoms with Crippen molar-refractivity contribution in [3.63, 3.8) is 0 Å². The molecule has 1 aliphatic rings. The molecule has 0 radical (unpaired) electrons. The fraction of sp³-hybridized carbons (Fsp3) is 0.583. The van der Waals surface area contributed by atoms with Crippen LogP contribution in [0, 0.1) is 12.8 Å². The highest BCUT2D eigenvalue weighted by Crippen LogP contribution is 2.30. The van der Waals surface area contributed by atoms with Crippen LogP contribution >= 0.6 is 0 Å². The van der Waals surface area contributed by atoms with Crippen LogP contribution in [0.1, 0.15) is 26.0 Å². The van der Waals surface area contributed by atoms with E-state index in [1.165, 1.54) is 6.42 Å². The molecule has 1 aromatic heterocycles. The molecular formula is C12H19N3. The fourth-order valence-electron chi connectivity index (χ4n) is 2.38. The van der Waals surface area contributed by atoms with Gasteiger partial charge in [-0.25, -0.2) is 4.98 Å². The minimum Gasteiger partial charge on any atom is -0.396 e. The van der Waals surface area contributed by atoms with E-state index in [0.29, 0.717) is 6.04 Å². The van der Waals surface area contributed by atoms with Gasteiger partial charge in [-0.05, 0) is 38.3 Å². The van der Waals surface area contributed by atoms with Gasteiger partial charge in [-0.1, -0.05) is 6.92 Å². The van der Waals surface area contributed by atoms with Gasteiger partial charge in [0, 0.05) is 18.3 Å². The van der Waals surface area contributed by atoms with Gasteiger partial charge in [0.2, 0.25) is 0 Å². The van der Waals surface area contributed by atoms with E-state index >= 15 is 0 Å². The van der Waals surface area contributed by atoms with E-state index in [2.05, 4.69) is 23.7 Å². The number of aromatic nitrogens is 1. The Kier molecular flexibility index (Phi) is 2.55. The number of hydrogen-bond acceptors (Lipinski definition) is 3. The number of nitrogens with two attached hydrogens (primary N) is 1. The summed E-state index contributed by atoms with van der Waals surface area (Å²) in [5.74, 6) is 1.70. The molecule has 2 heterocycles. The van der Waals surface area contributed by atoms with Gasteiger partial charge in [0.15, 0.2) is 5.82 Å². The molecule has 2 N–H and O–H groups in total. The summed E-state index contributed by atoms with van der Waals surface area (Å²) in [5.41, 5.74) is 7.80. The molecule has 2 rings (SSSR count). The van der Waals surface area contributed by atoms with Crippen LogP contribution in [0.2, 0.25) is 0 Å². The van der Waals surface area contributed by atoms with Crippen molar-refractivity contribution in [2.75, 3.05) is 17.2 Å². The number of pyridine rings is 1. The first kappa shape index (κ1) is 10.3. The second-order valence-electron chi connectivity index (χ2n) is 4.71. The number of hydrogen-bond donors (Lipinski definition) is 1. The zero-order valence-corrected chi connectivity index (χ0v) is 9.70. The zero-order valence-electron chi connectivity index (χ0n) is 9.70. The van der Waals surface area contributed by atoms with E-state index in [-0.39, 0.29) is 0 Å². The molecule has 3 heteroatoms. The maximum absolute atomic E-state index is 5.97. The van der Waals surface area contributed by atoms with Crippen LogP contribution < -0.4 is 10.6 Å². The van der Waals surface area contributed by atoms with Gasteiger partial charge in [-0.2, -0.15) is 0 Å². The monoisotopic (exact) mass is 205 g/mol. The van der Waals surface area contributed by atoms with Crippen molar-refractivity contribution >= 4 is 11.5 Å². The summed E-state index contributed by atoms with van der Waals surface area (Å²) in [6.45, 7) is 7.60. The summed E-state index contributed by atoms with van der Waals surface area (Å²) in [5, 5.41) is 0. The number of nitrogens with zero attached hydrogens (tertiary/aromatic N) is 2. The van der Waals surface area contributed by atoms with Crippen LogP contribution in [0.4, 0.5) is 11.5 Å². The Morgan fingerprint density at radius 1 is 1.40 bits per heavy atom. The third-order valence-electron chi connectivity index (χ3n) is 3.10. The highest BCUT2D eigenvalue weighted by Gasteiger charge is 2.28. The molecule has 0 bridgehead atoms. The maximum atomic E-state index is 5.97.